The molecule has 2 radical (unpaired) electrons. The molecule has 2 aromatic heterocycles. The topological polar surface area (TPSA) is 9.86 Å². The van der Waals surface area contributed by atoms with Crippen LogP contribution in [0.15, 0.2) is 186 Å². The van der Waals surface area contributed by atoms with E-state index < -0.39 is 0 Å². The van der Waals surface area contributed by atoms with Gasteiger partial charge < -0.3 is 9.13 Å². The quantitative estimate of drug-likeness (QED) is 0.156. The first-order valence-electron chi connectivity index (χ1n) is 17.5. The molecule has 52 heavy (non-hydrogen) atoms. The summed E-state index contributed by atoms with van der Waals surface area (Å²) in [5, 5.41) is 4.90. The summed E-state index contributed by atoms with van der Waals surface area (Å²) < 4.78 is 5.84. The van der Waals surface area contributed by atoms with Crippen LogP contribution in [0.2, 0.25) is 0 Å². The number of fused-ring (bicyclic) bond motifs is 6. The molecular weight excluding hydrogens is 695 g/mol. The summed E-state index contributed by atoms with van der Waals surface area (Å²) in [6.07, 6.45) is 0. The van der Waals surface area contributed by atoms with E-state index in [0.717, 1.165) is 26.9 Å². The second-order valence-corrected chi connectivity index (χ2v) is 14.3. The zero-order chi connectivity index (χ0) is 34.8. The molecule has 242 valence electrons. The lowest BCUT2D eigenvalue weighted by molar-refractivity contribution is 1.18. The summed E-state index contributed by atoms with van der Waals surface area (Å²) in [5.41, 5.74) is 14.9. The predicted octanol–water partition coefficient (Wildman–Crippen LogP) is 12.4. The fraction of sp³-hybridized carbons (Fsp3) is 0. The van der Waals surface area contributed by atoms with Crippen molar-refractivity contribution in [3.63, 3.8) is 0 Å². The minimum absolute atomic E-state index is 0.767. The average molecular weight is 725 g/mol. The van der Waals surface area contributed by atoms with Crippen molar-refractivity contribution in [2.75, 3.05) is 0 Å². The molecule has 0 bridgehead atoms. The number of para-hydroxylation sites is 2. The van der Waals surface area contributed by atoms with Crippen molar-refractivity contribution in [1.82, 2.24) is 9.13 Å². The van der Waals surface area contributed by atoms with Gasteiger partial charge >= 0.3 is 0 Å². The Morgan fingerprint density at radius 1 is 0.327 bits per heavy atom. The van der Waals surface area contributed by atoms with Gasteiger partial charge in [0.05, 0.1) is 22.1 Å². The molecule has 0 fully saturated rings. The monoisotopic (exact) mass is 724 g/mol. The molecule has 8 aromatic carbocycles. The van der Waals surface area contributed by atoms with Gasteiger partial charge in [-0.1, -0.05) is 118 Å². The van der Waals surface area contributed by atoms with E-state index in [1.807, 2.05) is 12.1 Å². The minimum atomic E-state index is 0.767. The number of rotatable bonds is 5. The summed E-state index contributed by atoms with van der Waals surface area (Å²) in [5.74, 6) is 0. The van der Waals surface area contributed by atoms with Crippen molar-refractivity contribution in [2.45, 2.75) is 0 Å². The molecule has 0 aliphatic rings. The Morgan fingerprint density at radius 3 is 1.00 bits per heavy atom. The third kappa shape index (κ3) is 5.10. The highest BCUT2D eigenvalue weighted by Gasteiger charge is 2.17. The van der Waals surface area contributed by atoms with Crippen LogP contribution < -0.4 is 5.46 Å². The Balaban J connectivity index is 1.19. The first-order chi connectivity index (χ1) is 25.6. The van der Waals surface area contributed by atoms with Crippen molar-refractivity contribution in [3.05, 3.63) is 186 Å². The first kappa shape index (κ1) is 30.7. The maximum Gasteiger partial charge on any atom is 0.113 e. The molecule has 2 heterocycles. The maximum absolute atomic E-state index is 6.04. The van der Waals surface area contributed by atoms with Gasteiger partial charge in [-0.05, 0) is 118 Å². The molecule has 0 aliphatic heterocycles. The molecule has 0 saturated heterocycles. The zero-order valence-corrected chi connectivity index (χ0v) is 29.8. The van der Waals surface area contributed by atoms with Gasteiger partial charge in [0.25, 0.3) is 0 Å². The van der Waals surface area contributed by atoms with Gasteiger partial charge in [-0.3, -0.25) is 0 Å². The van der Waals surface area contributed by atoms with Crippen LogP contribution in [-0.2, 0) is 0 Å². The Morgan fingerprint density at radius 2 is 0.635 bits per heavy atom. The normalized spacial score (nSPS) is 11.6. The van der Waals surface area contributed by atoms with Crippen LogP contribution in [0.4, 0.5) is 0 Å². The van der Waals surface area contributed by atoms with Crippen molar-refractivity contribution in [3.8, 4) is 44.8 Å². The van der Waals surface area contributed by atoms with E-state index in [1.54, 1.807) is 0 Å². The van der Waals surface area contributed by atoms with Crippen molar-refractivity contribution in [2.24, 2.45) is 0 Å². The van der Waals surface area contributed by atoms with E-state index in [2.05, 4.69) is 195 Å². The van der Waals surface area contributed by atoms with Crippen LogP contribution in [0.25, 0.3) is 88.4 Å². The number of hydrogen-bond donors (Lipinski definition) is 0. The first-order valence-corrected chi connectivity index (χ1v) is 18.3. The van der Waals surface area contributed by atoms with Crippen LogP contribution in [-0.4, -0.2) is 17.0 Å². The third-order valence-electron chi connectivity index (χ3n) is 10.3. The molecular formula is C48H30BBrN2. The summed E-state index contributed by atoms with van der Waals surface area (Å²) in [6, 6.07) is 65.5. The lowest BCUT2D eigenvalue weighted by Gasteiger charge is -2.09. The molecule has 0 aliphatic carbocycles. The Bertz CT molecular complexity index is 2740. The van der Waals surface area contributed by atoms with E-state index in [0.29, 0.717) is 0 Å². The third-order valence-corrected chi connectivity index (χ3v) is 10.8. The molecule has 0 spiro atoms. The van der Waals surface area contributed by atoms with Gasteiger partial charge in [0.2, 0.25) is 0 Å². The van der Waals surface area contributed by atoms with Crippen LogP contribution in [0.1, 0.15) is 0 Å². The highest BCUT2D eigenvalue weighted by atomic mass is 79.9. The average Bonchev–Trinajstić information content (AvgIpc) is 3.70. The van der Waals surface area contributed by atoms with E-state index in [4.69, 9.17) is 7.85 Å². The predicted molar refractivity (Wildman–Crippen MR) is 225 cm³/mol. The van der Waals surface area contributed by atoms with Crippen LogP contribution >= 0.6 is 15.9 Å². The Kier molecular flexibility index (Phi) is 7.26. The molecule has 10 rings (SSSR count). The summed E-state index contributed by atoms with van der Waals surface area (Å²) in [7, 11) is 6.04. The van der Waals surface area contributed by atoms with Gasteiger partial charge in [-0.15, -0.1) is 0 Å². The number of benzene rings is 8. The van der Waals surface area contributed by atoms with Crippen LogP contribution in [0, 0.1) is 0 Å². The largest absolute Gasteiger partial charge is 0.309 e. The van der Waals surface area contributed by atoms with Crippen molar-refractivity contribution in [1.29, 1.82) is 0 Å². The van der Waals surface area contributed by atoms with Gasteiger partial charge in [0, 0.05) is 37.4 Å². The van der Waals surface area contributed by atoms with Crippen LogP contribution in [0.3, 0.4) is 0 Å². The minimum Gasteiger partial charge on any atom is -0.309 e. The molecule has 0 amide bonds. The second-order valence-electron chi connectivity index (χ2n) is 13.4. The molecule has 10 aromatic rings. The highest BCUT2D eigenvalue weighted by molar-refractivity contribution is 9.10. The van der Waals surface area contributed by atoms with E-state index in [1.165, 1.54) is 71.4 Å². The van der Waals surface area contributed by atoms with Crippen LogP contribution in [0.5, 0.6) is 0 Å². The number of hydrogen-bond acceptors (Lipinski definition) is 0. The standard InChI is InChI=1S/C48H30BBrN2/c49-37-19-11-31(12-20-37)33-15-23-45-41(27-33)43-29-35(17-25-47(43)51(45)39-7-3-1-4-8-39)36-18-26-48-44(30-36)42-28-34(32-13-21-38(50)22-14-32)16-24-46(42)52(48)40-9-5-2-6-10-40/h1-30H. The summed E-state index contributed by atoms with van der Waals surface area (Å²) in [6.45, 7) is 0. The molecule has 2 nitrogen and oxygen atoms in total. The Labute approximate surface area is 311 Å². The second kappa shape index (κ2) is 12.3. The van der Waals surface area contributed by atoms with Crippen molar-refractivity contribution < 1.29 is 0 Å². The van der Waals surface area contributed by atoms with Gasteiger partial charge in [0.15, 0.2) is 0 Å². The van der Waals surface area contributed by atoms with Crippen molar-refractivity contribution >= 4 is 72.9 Å². The molecule has 0 atom stereocenters. The fourth-order valence-electron chi connectivity index (χ4n) is 7.79. The van der Waals surface area contributed by atoms with E-state index in [9.17, 15) is 0 Å². The summed E-state index contributed by atoms with van der Waals surface area (Å²) in [4.78, 5) is 0. The zero-order valence-electron chi connectivity index (χ0n) is 28.2. The highest BCUT2D eigenvalue weighted by Crippen LogP contribution is 2.40. The number of nitrogens with zero attached hydrogens (tertiary/aromatic N) is 2. The molecule has 0 saturated carbocycles. The van der Waals surface area contributed by atoms with Gasteiger partial charge in [-0.2, -0.15) is 0 Å². The number of halogens is 1. The Hall–Kier alpha value is -6.10. The molecule has 0 unspecified atom stereocenters. The smallest absolute Gasteiger partial charge is 0.113 e. The molecule has 4 heteroatoms. The van der Waals surface area contributed by atoms with Gasteiger partial charge in [0.1, 0.15) is 7.85 Å². The van der Waals surface area contributed by atoms with E-state index in [-0.39, 0.29) is 0 Å². The lowest BCUT2D eigenvalue weighted by atomic mass is 9.93. The van der Waals surface area contributed by atoms with Gasteiger partial charge in [-0.25, -0.2) is 0 Å². The summed E-state index contributed by atoms with van der Waals surface area (Å²) >= 11 is 3.60. The SMILES string of the molecule is [B]c1ccc(-c2ccc3c(c2)c2cc(-c4ccc5c(c4)c4cc(-c6ccc(Br)cc6)ccc4n5-c4ccccc4)ccc2n3-c2ccccc2)cc1. The number of aromatic nitrogens is 2. The maximum atomic E-state index is 6.04. The van der Waals surface area contributed by atoms with E-state index >= 15 is 0 Å². The lowest BCUT2D eigenvalue weighted by Crippen LogP contribution is -1.99. The fourth-order valence-corrected chi connectivity index (χ4v) is 8.06. The molecule has 0 N–H and O–H groups in total.